The molecule has 1 unspecified atom stereocenters. The number of rotatable bonds is 6. The number of anilines is 2. The van der Waals surface area contributed by atoms with Gasteiger partial charge in [-0.15, -0.1) is 12.3 Å². The van der Waals surface area contributed by atoms with Gasteiger partial charge in [0.25, 0.3) is 5.91 Å². The van der Waals surface area contributed by atoms with Crippen molar-refractivity contribution in [3.05, 3.63) is 4.88 Å². The Morgan fingerprint density at radius 2 is 2.21 bits per heavy atom. The van der Waals surface area contributed by atoms with Gasteiger partial charge in [-0.25, -0.2) is 4.98 Å². The number of carbonyl (C=O) groups is 1. The summed E-state index contributed by atoms with van der Waals surface area (Å²) in [6.07, 6.45) is 5.70. The molecule has 0 aliphatic rings. The van der Waals surface area contributed by atoms with Crippen molar-refractivity contribution < 1.29 is 4.79 Å². The lowest BCUT2D eigenvalue weighted by atomic mass is 10.2. The van der Waals surface area contributed by atoms with Gasteiger partial charge in [-0.3, -0.25) is 4.79 Å². The van der Waals surface area contributed by atoms with Gasteiger partial charge in [-0.05, 0) is 20.8 Å². The molecule has 6 heteroatoms. The van der Waals surface area contributed by atoms with Crippen molar-refractivity contribution in [2.24, 2.45) is 0 Å². The van der Waals surface area contributed by atoms with Gasteiger partial charge >= 0.3 is 0 Å². The molecule has 1 aromatic heterocycles. The van der Waals surface area contributed by atoms with Crippen molar-refractivity contribution in [1.82, 2.24) is 10.3 Å². The van der Waals surface area contributed by atoms with Gasteiger partial charge in [0, 0.05) is 25.6 Å². The monoisotopic (exact) mass is 280 g/mol. The van der Waals surface area contributed by atoms with Crippen molar-refractivity contribution in [2.75, 3.05) is 23.7 Å². The first-order valence-corrected chi connectivity index (χ1v) is 7.10. The van der Waals surface area contributed by atoms with Crippen molar-refractivity contribution in [2.45, 2.75) is 33.2 Å². The van der Waals surface area contributed by atoms with Gasteiger partial charge in [0.2, 0.25) is 0 Å². The normalized spacial score (nSPS) is 11.7. The van der Waals surface area contributed by atoms with E-state index in [4.69, 9.17) is 12.2 Å². The second-order valence-corrected chi connectivity index (χ2v) is 5.14. The summed E-state index contributed by atoms with van der Waals surface area (Å²) < 4.78 is 0. The zero-order valence-corrected chi connectivity index (χ0v) is 12.4. The van der Waals surface area contributed by atoms with Crippen LogP contribution in [0.5, 0.6) is 0 Å². The third kappa shape index (κ3) is 3.86. The molecule has 1 atom stereocenters. The Bertz CT molecular complexity index is 473. The average molecular weight is 280 g/mol. The van der Waals surface area contributed by atoms with Crippen LogP contribution in [0.2, 0.25) is 0 Å². The molecular formula is C13H20N4OS. The molecular weight excluding hydrogens is 260 g/mol. The molecule has 0 aliphatic heterocycles. The van der Waals surface area contributed by atoms with Crippen molar-refractivity contribution >= 4 is 28.2 Å². The maximum atomic E-state index is 12.1. The highest BCUT2D eigenvalue weighted by atomic mass is 32.1. The van der Waals surface area contributed by atoms with Gasteiger partial charge in [-0.1, -0.05) is 11.3 Å². The van der Waals surface area contributed by atoms with Crippen molar-refractivity contribution in [3.8, 4) is 12.3 Å². The summed E-state index contributed by atoms with van der Waals surface area (Å²) in [6, 6.07) is -0.0732. The van der Waals surface area contributed by atoms with E-state index in [9.17, 15) is 4.79 Å². The Morgan fingerprint density at radius 3 is 2.74 bits per heavy atom. The Morgan fingerprint density at radius 1 is 1.58 bits per heavy atom. The van der Waals surface area contributed by atoms with Crippen molar-refractivity contribution in [3.63, 3.8) is 0 Å². The number of nitrogens with zero attached hydrogens (tertiary/aromatic N) is 2. The van der Waals surface area contributed by atoms with Crippen LogP contribution in [-0.4, -0.2) is 30.0 Å². The minimum Gasteiger partial charge on any atom is -0.382 e. The molecule has 0 fully saturated rings. The second kappa shape index (κ2) is 7.00. The molecule has 3 N–H and O–H groups in total. The fourth-order valence-corrected chi connectivity index (χ4v) is 2.65. The molecule has 0 saturated carbocycles. The molecule has 0 aromatic carbocycles. The molecule has 1 aromatic rings. The summed E-state index contributed by atoms with van der Waals surface area (Å²) in [5.41, 5.74) is 5.81. The van der Waals surface area contributed by atoms with E-state index in [2.05, 4.69) is 21.1 Å². The highest BCUT2D eigenvalue weighted by Crippen LogP contribution is 2.27. The Kier molecular flexibility index (Phi) is 5.64. The van der Waals surface area contributed by atoms with Crippen LogP contribution < -0.4 is 16.0 Å². The lowest BCUT2D eigenvalue weighted by Crippen LogP contribution is -2.32. The van der Waals surface area contributed by atoms with Crippen LogP contribution in [-0.2, 0) is 0 Å². The van der Waals surface area contributed by atoms with E-state index < -0.39 is 0 Å². The number of nitrogens with one attached hydrogen (secondary N) is 1. The highest BCUT2D eigenvalue weighted by molar-refractivity contribution is 7.18. The SMILES string of the molecule is C#CCC(C)NC(=O)c1sc(N(CC)CC)nc1N. The summed E-state index contributed by atoms with van der Waals surface area (Å²) in [5.74, 6) is 2.58. The Balaban J connectivity index is 2.84. The number of amides is 1. The molecule has 1 heterocycles. The summed E-state index contributed by atoms with van der Waals surface area (Å²) in [4.78, 5) is 18.8. The zero-order chi connectivity index (χ0) is 14.4. The maximum Gasteiger partial charge on any atom is 0.265 e. The number of carbonyl (C=O) groups excluding carboxylic acids is 1. The highest BCUT2D eigenvalue weighted by Gasteiger charge is 2.19. The fraction of sp³-hybridized carbons (Fsp3) is 0.538. The van der Waals surface area contributed by atoms with Crippen LogP contribution in [0.25, 0.3) is 0 Å². The van der Waals surface area contributed by atoms with E-state index in [0.717, 1.165) is 18.2 Å². The zero-order valence-electron chi connectivity index (χ0n) is 11.6. The second-order valence-electron chi connectivity index (χ2n) is 4.17. The molecule has 5 nitrogen and oxygen atoms in total. The van der Waals surface area contributed by atoms with Gasteiger partial charge in [0.15, 0.2) is 5.13 Å². The van der Waals surface area contributed by atoms with Crippen molar-refractivity contribution in [1.29, 1.82) is 0 Å². The first kappa shape index (κ1) is 15.3. The minimum atomic E-state index is -0.212. The largest absolute Gasteiger partial charge is 0.382 e. The lowest BCUT2D eigenvalue weighted by Gasteiger charge is -2.16. The van der Waals surface area contributed by atoms with Gasteiger partial charge in [0.1, 0.15) is 10.7 Å². The molecule has 0 saturated heterocycles. The summed E-state index contributed by atoms with van der Waals surface area (Å²) in [7, 11) is 0. The molecule has 19 heavy (non-hydrogen) atoms. The van der Waals surface area contributed by atoms with E-state index in [-0.39, 0.29) is 17.8 Å². The predicted octanol–water partition coefficient (Wildman–Crippen LogP) is 1.71. The molecule has 0 aliphatic carbocycles. The lowest BCUT2D eigenvalue weighted by molar-refractivity contribution is 0.0945. The first-order valence-electron chi connectivity index (χ1n) is 6.29. The first-order chi connectivity index (χ1) is 9.03. The third-order valence-corrected chi connectivity index (χ3v) is 3.81. The number of hydrogen-bond acceptors (Lipinski definition) is 5. The van der Waals surface area contributed by atoms with Gasteiger partial charge in [0.05, 0.1) is 0 Å². The van der Waals surface area contributed by atoms with E-state index >= 15 is 0 Å². The maximum absolute atomic E-state index is 12.1. The summed E-state index contributed by atoms with van der Waals surface area (Å²) in [6.45, 7) is 7.60. The molecule has 0 spiro atoms. The number of hydrogen-bond donors (Lipinski definition) is 2. The topological polar surface area (TPSA) is 71.2 Å². The quantitative estimate of drug-likeness (QED) is 0.778. The molecule has 1 rings (SSSR count). The van der Waals surface area contributed by atoms with Gasteiger partial charge < -0.3 is 16.0 Å². The Labute approximate surface area is 118 Å². The Hall–Kier alpha value is -1.74. The predicted molar refractivity (Wildman–Crippen MR) is 80.5 cm³/mol. The number of nitrogen functional groups attached to an aromatic ring is 1. The molecule has 104 valence electrons. The fourth-order valence-electron chi connectivity index (χ4n) is 1.63. The van der Waals surface area contributed by atoms with Crippen LogP contribution in [0, 0.1) is 12.3 Å². The van der Waals surface area contributed by atoms with E-state index in [0.29, 0.717) is 11.3 Å². The van der Waals surface area contributed by atoms with Gasteiger partial charge in [-0.2, -0.15) is 0 Å². The number of terminal acetylenes is 1. The number of thiazole rings is 1. The van der Waals surface area contributed by atoms with E-state index in [1.807, 2.05) is 20.8 Å². The smallest absolute Gasteiger partial charge is 0.265 e. The number of aromatic nitrogens is 1. The molecule has 0 bridgehead atoms. The van der Waals surface area contributed by atoms with E-state index in [1.165, 1.54) is 11.3 Å². The molecule has 0 radical (unpaired) electrons. The molecule has 1 amide bonds. The standard InChI is InChI=1S/C13H20N4OS/c1-5-8-9(4)15-12(18)10-11(14)16-13(19-10)17(6-2)7-3/h1,9H,6-8,14H2,2-4H3,(H,15,18). The third-order valence-electron chi connectivity index (χ3n) is 2.68. The summed E-state index contributed by atoms with van der Waals surface area (Å²) >= 11 is 1.31. The van der Waals surface area contributed by atoms with Crippen LogP contribution in [0.4, 0.5) is 10.9 Å². The minimum absolute atomic E-state index is 0.0732. The van der Waals surface area contributed by atoms with E-state index in [1.54, 1.807) is 0 Å². The van der Waals surface area contributed by atoms with Crippen LogP contribution in [0.1, 0.15) is 36.9 Å². The van der Waals surface area contributed by atoms with Crippen LogP contribution in [0.3, 0.4) is 0 Å². The summed E-state index contributed by atoms with van der Waals surface area (Å²) in [5, 5.41) is 3.59. The van der Waals surface area contributed by atoms with Crippen LogP contribution >= 0.6 is 11.3 Å². The van der Waals surface area contributed by atoms with Crippen LogP contribution in [0.15, 0.2) is 0 Å². The number of nitrogens with two attached hydrogens (primary N) is 1. The average Bonchev–Trinajstić information content (AvgIpc) is 2.73.